The van der Waals surface area contributed by atoms with Gasteiger partial charge in [-0.3, -0.25) is 9.59 Å². The van der Waals surface area contributed by atoms with E-state index in [0.717, 1.165) is 12.8 Å². The third-order valence-electron chi connectivity index (χ3n) is 1.61. The van der Waals surface area contributed by atoms with Crippen molar-refractivity contribution < 1.29 is 19.4 Å². The number of carbonyl (C=O) groups is 2. The molecule has 0 spiro atoms. The van der Waals surface area contributed by atoms with Crippen LogP contribution >= 0.6 is 0 Å². The molecule has 76 valence electrons. The maximum absolute atomic E-state index is 10.2. The SMILES string of the molecule is CCC(=O)O.CCCC1CC(=O)O1. The summed E-state index contributed by atoms with van der Waals surface area (Å²) in [5.74, 6) is -0.784. The summed E-state index contributed by atoms with van der Waals surface area (Å²) >= 11 is 0. The maximum atomic E-state index is 10.2. The van der Waals surface area contributed by atoms with Crippen molar-refractivity contribution >= 4 is 11.9 Å². The standard InChI is InChI=1S/C6H10O2.C3H6O2/c1-2-3-5-4-6(7)8-5;1-2-3(4)5/h5H,2-4H2,1H3;2H2,1H3,(H,4,5). The number of hydrogen-bond donors (Lipinski definition) is 1. The fraction of sp³-hybridized carbons (Fsp3) is 0.778. The first-order valence-corrected chi connectivity index (χ1v) is 4.51. The number of cyclic esters (lactones) is 1. The van der Waals surface area contributed by atoms with Crippen LogP contribution < -0.4 is 0 Å². The van der Waals surface area contributed by atoms with Crippen LogP contribution in [0.25, 0.3) is 0 Å². The van der Waals surface area contributed by atoms with Crippen molar-refractivity contribution in [1.82, 2.24) is 0 Å². The number of aliphatic carboxylic acids is 1. The molecule has 0 aromatic heterocycles. The van der Waals surface area contributed by atoms with Crippen LogP contribution in [0.5, 0.6) is 0 Å². The van der Waals surface area contributed by atoms with Crippen molar-refractivity contribution in [3.63, 3.8) is 0 Å². The Bertz CT molecular complexity index is 168. The third kappa shape index (κ3) is 6.13. The Morgan fingerprint density at radius 2 is 2.08 bits per heavy atom. The van der Waals surface area contributed by atoms with Gasteiger partial charge in [0, 0.05) is 6.42 Å². The highest BCUT2D eigenvalue weighted by molar-refractivity contribution is 5.75. The Hall–Kier alpha value is -1.06. The Labute approximate surface area is 77.9 Å². The Balaban J connectivity index is 0.000000252. The Morgan fingerprint density at radius 1 is 1.62 bits per heavy atom. The second-order valence-electron chi connectivity index (χ2n) is 2.85. The highest BCUT2D eigenvalue weighted by Gasteiger charge is 2.26. The molecule has 1 atom stereocenters. The maximum Gasteiger partial charge on any atom is 0.309 e. The van der Waals surface area contributed by atoms with E-state index in [1.807, 2.05) is 0 Å². The summed E-state index contributed by atoms with van der Waals surface area (Å²) in [4.78, 5) is 19.5. The summed E-state index contributed by atoms with van der Waals surface area (Å²) in [6, 6.07) is 0. The minimum absolute atomic E-state index is 0.0385. The van der Waals surface area contributed by atoms with Gasteiger partial charge in [0.2, 0.25) is 0 Å². The van der Waals surface area contributed by atoms with Crippen molar-refractivity contribution in [3.05, 3.63) is 0 Å². The molecule has 1 N–H and O–H groups in total. The number of carboxylic acids is 1. The van der Waals surface area contributed by atoms with E-state index in [0.29, 0.717) is 6.42 Å². The minimum Gasteiger partial charge on any atom is -0.481 e. The normalized spacial score (nSPS) is 19.2. The lowest BCUT2D eigenvalue weighted by Crippen LogP contribution is -2.32. The zero-order valence-electron chi connectivity index (χ0n) is 8.08. The van der Waals surface area contributed by atoms with Crippen LogP contribution in [0.4, 0.5) is 0 Å². The summed E-state index contributed by atoms with van der Waals surface area (Å²) in [6.45, 7) is 3.69. The lowest BCUT2D eigenvalue weighted by Gasteiger charge is -2.24. The molecule has 1 saturated heterocycles. The predicted octanol–water partition coefficient (Wildman–Crippen LogP) is 1.58. The minimum atomic E-state index is -0.745. The summed E-state index contributed by atoms with van der Waals surface area (Å²) in [6.07, 6.45) is 3.27. The van der Waals surface area contributed by atoms with Gasteiger partial charge in [-0.25, -0.2) is 0 Å². The van der Waals surface area contributed by atoms with Crippen LogP contribution in [0.2, 0.25) is 0 Å². The fourth-order valence-corrected chi connectivity index (χ4v) is 0.845. The number of carboxylic acid groups (broad SMARTS) is 1. The molecule has 1 aliphatic heterocycles. The molecule has 0 saturated carbocycles. The second kappa shape index (κ2) is 6.46. The average Bonchev–Trinajstić information content (AvgIpc) is 2.03. The highest BCUT2D eigenvalue weighted by atomic mass is 16.6. The topological polar surface area (TPSA) is 63.6 Å². The molecule has 1 aliphatic rings. The first kappa shape index (κ1) is 11.9. The van der Waals surface area contributed by atoms with Crippen LogP contribution in [0.1, 0.15) is 39.5 Å². The zero-order chi connectivity index (χ0) is 10.3. The molecular formula is C9H16O4. The Kier molecular flexibility index (Phi) is 5.93. The second-order valence-corrected chi connectivity index (χ2v) is 2.85. The van der Waals surface area contributed by atoms with Crippen LogP contribution in [-0.2, 0) is 14.3 Å². The van der Waals surface area contributed by atoms with Gasteiger partial charge in [0.05, 0.1) is 6.42 Å². The molecule has 1 unspecified atom stereocenters. The van der Waals surface area contributed by atoms with Crippen LogP contribution in [0.15, 0.2) is 0 Å². The highest BCUT2D eigenvalue weighted by Crippen LogP contribution is 2.17. The molecule has 0 bridgehead atoms. The van der Waals surface area contributed by atoms with Gasteiger partial charge >= 0.3 is 11.9 Å². The summed E-state index contributed by atoms with van der Waals surface area (Å²) < 4.78 is 4.74. The van der Waals surface area contributed by atoms with Gasteiger partial charge in [0.25, 0.3) is 0 Å². The Morgan fingerprint density at radius 3 is 2.31 bits per heavy atom. The number of rotatable bonds is 3. The van der Waals surface area contributed by atoms with Gasteiger partial charge < -0.3 is 9.84 Å². The van der Waals surface area contributed by atoms with Crippen LogP contribution in [-0.4, -0.2) is 23.1 Å². The van der Waals surface area contributed by atoms with E-state index in [2.05, 4.69) is 6.92 Å². The lowest BCUT2D eigenvalue weighted by atomic mass is 10.1. The van der Waals surface area contributed by atoms with Gasteiger partial charge in [0.15, 0.2) is 0 Å². The first-order valence-electron chi connectivity index (χ1n) is 4.51. The van der Waals surface area contributed by atoms with Crippen molar-refractivity contribution in [3.8, 4) is 0 Å². The molecule has 0 aliphatic carbocycles. The summed E-state index contributed by atoms with van der Waals surface area (Å²) in [5.41, 5.74) is 0. The average molecular weight is 188 g/mol. The molecule has 0 amide bonds. The van der Waals surface area contributed by atoms with E-state index >= 15 is 0 Å². The molecule has 0 radical (unpaired) electrons. The number of ether oxygens (including phenoxy) is 1. The van der Waals surface area contributed by atoms with Crippen molar-refractivity contribution in [2.45, 2.75) is 45.6 Å². The molecule has 0 aromatic carbocycles. The van der Waals surface area contributed by atoms with Crippen molar-refractivity contribution in [2.24, 2.45) is 0 Å². The van der Waals surface area contributed by atoms with E-state index in [1.54, 1.807) is 6.92 Å². The van der Waals surface area contributed by atoms with E-state index in [4.69, 9.17) is 9.84 Å². The van der Waals surface area contributed by atoms with Gasteiger partial charge in [-0.05, 0) is 6.42 Å². The monoisotopic (exact) mass is 188 g/mol. The lowest BCUT2D eigenvalue weighted by molar-refractivity contribution is -0.169. The molecular weight excluding hydrogens is 172 g/mol. The number of hydrogen-bond acceptors (Lipinski definition) is 3. The first-order chi connectivity index (χ1) is 6.10. The smallest absolute Gasteiger partial charge is 0.309 e. The molecule has 13 heavy (non-hydrogen) atoms. The van der Waals surface area contributed by atoms with E-state index < -0.39 is 5.97 Å². The fourth-order valence-electron chi connectivity index (χ4n) is 0.845. The van der Waals surface area contributed by atoms with Crippen LogP contribution in [0.3, 0.4) is 0 Å². The summed E-state index contributed by atoms with van der Waals surface area (Å²) in [5, 5.41) is 7.72. The van der Waals surface area contributed by atoms with Gasteiger partial charge in [-0.1, -0.05) is 20.3 Å². The number of esters is 1. The predicted molar refractivity (Wildman–Crippen MR) is 47.3 cm³/mol. The summed E-state index contributed by atoms with van der Waals surface area (Å²) in [7, 11) is 0. The molecule has 1 heterocycles. The van der Waals surface area contributed by atoms with Gasteiger partial charge in [-0.15, -0.1) is 0 Å². The van der Waals surface area contributed by atoms with Crippen LogP contribution in [0, 0.1) is 0 Å². The zero-order valence-corrected chi connectivity index (χ0v) is 8.08. The quantitative estimate of drug-likeness (QED) is 0.683. The van der Waals surface area contributed by atoms with Gasteiger partial charge in [0.1, 0.15) is 6.10 Å². The molecule has 1 fully saturated rings. The van der Waals surface area contributed by atoms with Crippen molar-refractivity contribution in [1.29, 1.82) is 0 Å². The third-order valence-corrected chi connectivity index (χ3v) is 1.61. The molecule has 4 heteroatoms. The van der Waals surface area contributed by atoms with Gasteiger partial charge in [-0.2, -0.15) is 0 Å². The van der Waals surface area contributed by atoms with E-state index in [9.17, 15) is 9.59 Å². The molecule has 4 nitrogen and oxygen atoms in total. The van der Waals surface area contributed by atoms with E-state index in [1.165, 1.54) is 0 Å². The van der Waals surface area contributed by atoms with E-state index in [-0.39, 0.29) is 18.5 Å². The largest absolute Gasteiger partial charge is 0.481 e. The number of carbonyl (C=O) groups excluding carboxylic acids is 1. The molecule has 1 rings (SSSR count). The molecule has 0 aromatic rings. The van der Waals surface area contributed by atoms with Crippen molar-refractivity contribution in [2.75, 3.05) is 0 Å².